The van der Waals surface area contributed by atoms with Gasteiger partial charge in [-0.25, -0.2) is 0 Å². The van der Waals surface area contributed by atoms with Gasteiger partial charge in [-0.1, -0.05) is 12.2 Å². The quantitative estimate of drug-likeness (QED) is 0.629. The van der Waals surface area contributed by atoms with Crippen molar-refractivity contribution in [2.24, 2.45) is 0 Å². The lowest BCUT2D eigenvalue weighted by atomic mass is 9.91. The van der Waals surface area contributed by atoms with E-state index in [4.69, 9.17) is 0 Å². The van der Waals surface area contributed by atoms with Gasteiger partial charge in [0.15, 0.2) is 0 Å². The largest absolute Gasteiger partial charge is 0.278 e. The SMILES string of the molecule is C=C1CCCC/C1=C/N(C=O)C(C)=O. The second-order valence-corrected chi connectivity index (χ2v) is 3.50. The summed E-state index contributed by atoms with van der Waals surface area (Å²) in [4.78, 5) is 22.6. The van der Waals surface area contributed by atoms with E-state index in [0.717, 1.165) is 41.7 Å². The Morgan fingerprint density at radius 1 is 1.43 bits per heavy atom. The molecule has 0 aromatic carbocycles. The van der Waals surface area contributed by atoms with E-state index in [9.17, 15) is 9.59 Å². The highest BCUT2D eigenvalue weighted by atomic mass is 16.2. The van der Waals surface area contributed by atoms with Crippen LogP contribution in [0, 0.1) is 0 Å². The van der Waals surface area contributed by atoms with Crippen molar-refractivity contribution in [1.29, 1.82) is 0 Å². The van der Waals surface area contributed by atoms with Crippen LogP contribution in [0.3, 0.4) is 0 Å². The number of amides is 2. The van der Waals surface area contributed by atoms with Crippen LogP contribution in [0.2, 0.25) is 0 Å². The fourth-order valence-electron chi connectivity index (χ4n) is 1.51. The monoisotopic (exact) mass is 193 g/mol. The summed E-state index contributed by atoms with van der Waals surface area (Å²) in [5.41, 5.74) is 2.07. The summed E-state index contributed by atoms with van der Waals surface area (Å²) in [5, 5.41) is 0. The van der Waals surface area contributed by atoms with Gasteiger partial charge in [-0.15, -0.1) is 0 Å². The zero-order valence-electron chi connectivity index (χ0n) is 8.45. The predicted molar refractivity (Wildman–Crippen MR) is 54.3 cm³/mol. The van der Waals surface area contributed by atoms with E-state index in [1.54, 1.807) is 6.20 Å². The molecular formula is C11H15NO2. The highest BCUT2D eigenvalue weighted by Crippen LogP contribution is 2.27. The summed E-state index contributed by atoms with van der Waals surface area (Å²) in [7, 11) is 0. The fraction of sp³-hybridized carbons (Fsp3) is 0.455. The molecule has 1 aliphatic carbocycles. The van der Waals surface area contributed by atoms with Crippen molar-refractivity contribution in [3.05, 3.63) is 23.9 Å². The first kappa shape index (κ1) is 10.7. The van der Waals surface area contributed by atoms with Gasteiger partial charge < -0.3 is 0 Å². The number of nitrogens with zero attached hydrogens (tertiary/aromatic N) is 1. The van der Waals surface area contributed by atoms with Crippen LogP contribution >= 0.6 is 0 Å². The molecule has 0 atom stereocenters. The molecule has 0 N–H and O–H groups in total. The maximum Gasteiger partial charge on any atom is 0.229 e. The summed E-state index contributed by atoms with van der Waals surface area (Å²) in [6.45, 7) is 5.29. The Morgan fingerprint density at radius 2 is 2.07 bits per heavy atom. The number of allylic oxidation sites excluding steroid dienone is 2. The Hall–Kier alpha value is -1.38. The molecular weight excluding hydrogens is 178 g/mol. The van der Waals surface area contributed by atoms with Gasteiger partial charge in [-0.2, -0.15) is 0 Å². The van der Waals surface area contributed by atoms with Crippen molar-refractivity contribution in [2.75, 3.05) is 0 Å². The van der Waals surface area contributed by atoms with E-state index in [1.165, 1.54) is 6.92 Å². The van der Waals surface area contributed by atoms with Gasteiger partial charge in [0.25, 0.3) is 0 Å². The van der Waals surface area contributed by atoms with Gasteiger partial charge >= 0.3 is 0 Å². The van der Waals surface area contributed by atoms with Gasteiger partial charge in [0.2, 0.25) is 12.3 Å². The van der Waals surface area contributed by atoms with Crippen molar-refractivity contribution in [2.45, 2.75) is 32.6 Å². The zero-order chi connectivity index (χ0) is 10.6. The standard InChI is InChI=1S/C11H15NO2/c1-9-5-3-4-6-11(9)7-12(8-13)10(2)14/h7-8H,1,3-6H2,2H3/b11-7-. The van der Waals surface area contributed by atoms with Crippen LogP contribution in [0.15, 0.2) is 23.9 Å². The molecule has 3 heteroatoms. The van der Waals surface area contributed by atoms with Crippen molar-refractivity contribution >= 4 is 12.3 Å². The van der Waals surface area contributed by atoms with E-state index in [1.807, 2.05) is 0 Å². The molecule has 0 saturated heterocycles. The molecule has 0 spiro atoms. The minimum Gasteiger partial charge on any atom is -0.278 e. The molecule has 0 aromatic rings. The summed E-state index contributed by atoms with van der Waals surface area (Å²) in [6.07, 6.45) is 6.29. The van der Waals surface area contributed by atoms with Crippen LogP contribution in [-0.2, 0) is 9.59 Å². The number of carbonyl (C=O) groups excluding carboxylic acids is 2. The first-order chi connectivity index (χ1) is 6.65. The molecule has 14 heavy (non-hydrogen) atoms. The maximum atomic E-state index is 11.0. The van der Waals surface area contributed by atoms with Crippen molar-refractivity contribution in [3.8, 4) is 0 Å². The lowest BCUT2D eigenvalue weighted by Gasteiger charge is -2.18. The molecule has 76 valence electrons. The van der Waals surface area contributed by atoms with E-state index in [-0.39, 0.29) is 5.91 Å². The number of imide groups is 1. The third kappa shape index (κ3) is 2.55. The van der Waals surface area contributed by atoms with E-state index in [2.05, 4.69) is 6.58 Å². The highest BCUT2D eigenvalue weighted by molar-refractivity contribution is 5.85. The van der Waals surface area contributed by atoms with Gasteiger partial charge in [0.05, 0.1) is 0 Å². The van der Waals surface area contributed by atoms with Crippen LogP contribution in [0.5, 0.6) is 0 Å². The molecule has 1 saturated carbocycles. The minimum absolute atomic E-state index is 0.258. The Bertz CT molecular complexity index is 292. The zero-order valence-corrected chi connectivity index (χ0v) is 8.45. The summed E-state index contributed by atoms with van der Waals surface area (Å²) in [5.74, 6) is -0.258. The first-order valence-corrected chi connectivity index (χ1v) is 4.78. The Kier molecular flexibility index (Phi) is 3.63. The molecule has 0 unspecified atom stereocenters. The van der Waals surface area contributed by atoms with Gasteiger partial charge in [-0.05, 0) is 31.3 Å². The maximum absolute atomic E-state index is 11.0. The van der Waals surface area contributed by atoms with Gasteiger partial charge in [-0.3, -0.25) is 14.5 Å². The van der Waals surface area contributed by atoms with Crippen molar-refractivity contribution in [1.82, 2.24) is 4.90 Å². The third-order valence-electron chi connectivity index (χ3n) is 2.40. The average Bonchev–Trinajstić information content (AvgIpc) is 2.16. The molecule has 1 fully saturated rings. The van der Waals surface area contributed by atoms with Crippen molar-refractivity contribution < 1.29 is 9.59 Å². The summed E-state index contributed by atoms with van der Waals surface area (Å²) >= 11 is 0. The summed E-state index contributed by atoms with van der Waals surface area (Å²) < 4.78 is 0. The average molecular weight is 193 g/mol. The van der Waals surface area contributed by atoms with Crippen LogP contribution < -0.4 is 0 Å². The molecule has 2 amide bonds. The van der Waals surface area contributed by atoms with Gasteiger partial charge in [0, 0.05) is 13.1 Å². The molecule has 0 heterocycles. The van der Waals surface area contributed by atoms with E-state index in [0.29, 0.717) is 6.41 Å². The lowest BCUT2D eigenvalue weighted by molar-refractivity contribution is -0.133. The molecule has 3 nitrogen and oxygen atoms in total. The number of hydrogen-bond acceptors (Lipinski definition) is 2. The number of carbonyl (C=O) groups is 2. The second-order valence-electron chi connectivity index (χ2n) is 3.50. The topological polar surface area (TPSA) is 37.4 Å². The number of rotatable bonds is 2. The molecule has 0 radical (unpaired) electrons. The van der Waals surface area contributed by atoms with Crippen LogP contribution in [-0.4, -0.2) is 17.2 Å². The Balaban J connectivity index is 2.78. The Labute approximate surface area is 84.1 Å². The molecule has 0 aromatic heterocycles. The first-order valence-electron chi connectivity index (χ1n) is 4.78. The highest BCUT2D eigenvalue weighted by Gasteiger charge is 2.12. The molecule has 1 aliphatic rings. The predicted octanol–water partition coefficient (Wildman–Crippen LogP) is 2.01. The third-order valence-corrected chi connectivity index (χ3v) is 2.40. The molecule has 1 rings (SSSR count). The van der Waals surface area contributed by atoms with E-state index >= 15 is 0 Å². The van der Waals surface area contributed by atoms with Crippen LogP contribution in [0.4, 0.5) is 0 Å². The van der Waals surface area contributed by atoms with Gasteiger partial charge in [0.1, 0.15) is 0 Å². The van der Waals surface area contributed by atoms with Crippen LogP contribution in [0.25, 0.3) is 0 Å². The molecule has 0 bridgehead atoms. The smallest absolute Gasteiger partial charge is 0.229 e. The van der Waals surface area contributed by atoms with Crippen LogP contribution in [0.1, 0.15) is 32.6 Å². The van der Waals surface area contributed by atoms with E-state index < -0.39 is 0 Å². The molecule has 0 aliphatic heterocycles. The summed E-state index contributed by atoms with van der Waals surface area (Å²) in [6, 6.07) is 0. The Morgan fingerprint density at radius 3 is 2.57 bits per heavy atom. The number of hydrogen-bond donors (Lipinski definition) is 0. The normalized spacial score (nSPS) is 19.5. The lowest BCUT2D eigenvalue weighted by Crippen LogP contribution is -2.21. The van der Waals surface area contributed by atoms with Crippen molar-refractivity contribution in [3.63, 3.8) is 0 Å². The minimum atomic E-state index is -0.258. The fourth-order valence-corrected chi connectivity index (χ4v) is 1.51. The second kappa shape index (κ2) is 4.74.